The van der Waals surface area contributed by atoms with Crippen LogP contribution in [-0.2, 0) is 4.79 Å². The molecule has 2 N–H and O–H groups in total. The Hall–Kier alpha value is -3.12. The molecule has 0 bridgehead atoms. The summed E-state index contributed by atoms with van der Waals surface area (Å²) in [4.78, 5) is 30.0. The summed E-state index contributed by atoms with van der Waals surface area (Å²) in [5, 5.41) is 5.61. The predicted molar refractivity (Wildman–Crippen MR) is 118 cm³/mol. The van der Waals surface area contributed by atoms with Crippen LogP contribution in [0.1, 0.15) is 29.3 Å². The number of nitrogens with one attached hydrogen (secondary N) is 2. The van der Waals surface area contributed by atoms with Crippen molar-refractivity contribution in [2.75, 3.05) is 10.6 Å². The molecule has 0 aliphatic carbocycles. The third-order valence-corrected chi connectivity index (χ3v) is 5.73. The lowest BCUT2D eigenvalue weighted by atomic mass is 10.1. The third-order valence-electron chi connectivity index (χ3n) is 4.37. The zero-order valence-electron chi connectivity index (χ0n) is 16.4. The van der Waals surface area contributed by atoms with Crippen LogP contribution in [0.15, 0.2) is 78.0 Å². The molecular formula is C23H23N3O2S. The largest absolute Gasteiger partial charge is 0.325 e. The number of nitrogens with zero attached hydrogens (tertiary/aromatic N) is 1. The van der Waals surface area contributed by atoms with Gasteiger partial charge in [0.15, 0.2) is 0 Å². The Bertz CT molecular complexity index is 992. The molecule has 29 heavy (non-hydrogen) atoms. The minimum Gasteiger partial charge on any atom is -0.325 e. The van der Waals surface area contributed by atoms with Gasteiger partial charge in [0.25, 0.3) is 5.91 Å². The number of aryl methyl sites for hydroxylation is 1. The summed E-state index contributed by atoms with van der Waals surface area (Å²) in [6.07, 6.45) is 3.97. The average molecular weight is 406 g/mol. The van der Waals surface area contributed by atoms with Crippen LogP contribution in [0, 0.1) is 6.92 Å². The van der Waals surface area contributed by atoms with Crippen LogP contribution in [-0.4, -0.2) is 22.0 Å². The first-order valence-electron chi connectivity index (χ1n) is 9.41. The van der Waals surface area contributed by atoms with Crippen molar-refractivity contribution in [3.63, 3.8) is 0 Å². The summed E-state index contributed by atoms with van der Waals surface area (Å²) in [7, 11) is 0. The quantitative estimate of drug-likeness (QED) is 0.533. The molecule has 6 heteroatoms. The minimum atomic E-state index is -0.245. The Balaban J connectivity index is 1.67. The molecule has 2 amide bonds. The molecular weight excluding hydrogens is 382 g/mol. The van der Waals surface area contributed by atoms with Gasteiger partial charge >= 0.3 is 0 Å². The highest BCUT2D eigenvalue weighted by atomic mass is 32.2. The summed E-state index contributed by atoms with van der Waals surface area (Å²) in [5.41, 5.74) is 3.00. The van der Waals surface area contributed by atoms with Crippen molar-refractivity contribution in [2.24, 2.45) is 0 Å². The maximum atomic E-state index is 12.6. The van der Waals surface area contributed by atoms with Gasteiger partial charge < -0.3 is 10.6 Å². The number of aromatic nitrogens is 1. The van der Waals surface area contributed by atoms with Crippen LogP contribution in [0.3, 0.4) is 0 Å². The van der Waals surface area contributed by atoms with E-state index in [-0.39, 0.29) is 17.1 Å². The Kier molecular flexibility index (Phi) is 7.03. The van der Waals surface area contributed by atoms with E-state index in [1.165, 1.54) is 11.8 Å². The summed E-state index contributed by atoms with van der Waals surface area (Å²) < 4.78 is 0. The molecule has 0 radical (unpaired) electrons. The van der Waals surface area contributed by atoms with E-state index in [2.05, 4.69) is 15.6 Å². The first-order valence-corrected chi connectivity index (χ1v) is 10.3. The van der Waals surface area contributed by atoms with E-state index in [0.29, 0.717) is 17.7 Å². The first kappa shape index (κ1) is 20.6. The van der Waals surface area contributed by atoms with Gasteiger partial charge in [-0.25, -0.2) is 0 Å². The summed E-state index contributed by atoms with van der Waals surface area (Å²) >= 11 is 1.48. The van der Waals surface area contributed by atoms with Crippen molar-refractivity contribution in [3.05, 3.63) is 84.2 Å². The molecule has 3 rings (SSSR count). The fourth-order valence-corrected chi connectivity index (χ4v) is 3.83. The van der Waals surface area contributed by atoms with Crippen molar-refractivity contribution >= 4 is 35.0 Å². The molecule has 0 spiro atoms. The number of carbonyl (C=O) groups is 2. The lowest BCUT2D eigenvalue weighted by molar-refractivity contribution is -0.115. The molecule has 0 fully saturated rings. The first-order chi connectivity index (χ1) is 14.1. The SMILES string of the molecule is CCC(Sc1cccc(NC(=O)c2ccccc2C)c1)C(=O)Nc1ccncc1. The van der Waals surface area contributed by atoms with Crippen molar-refractivity contribution in [1.82, 2.24) is 4.98 Å². The van der Waals surface area contributed by atoms with Crippen LogP contribution in [0.25, 0.3) is 0 Å². The number of thioether (sulfide) groups is 1. The smallest absolute Gasteiger partial charge is 0.255 e. The van der Waals surface area contributed by atoms with Gasteiger partial charge in [-0.3, -0.25) is 14.6 Å². The summed E-state index contributed by atoms with van der Waals surface area (Å²) in [6.45, 7) is 3.89. The number of hydrogen-bond acceptors (Lipinski definition) is 4. The van der Waals surface area contributed by atoms with E-state index in [0.717, 1.165) is 16.1 Å². The second-order valence-corrected chi connectivity index (χ2v) is 7.81. The van der Waals surface area contributed by atoms with E-state index in [1.807, 2.05) is 56.3 Å². The Morgan fingerprint density at radius 1 is 0.966 bits per heavy atom. The van der Waals surface area contributed by atoms with Gasteiger partial charge in [-0.1, -0.05) is 31.2 Å². The van der Waals surface area contributed by atoms with Crippen LogP contribution < -0.4 is 10.6 Å². The molecule has 0 saturated carbocycles. The Labute approximate surface area is 175 Å². The number of carbonyl (C=O) groups excluding carboxylic acids is 2. The predicted octanol–water partition coefficient (Wildman–Crippen LogP) is 5.15. The third kappa shape index (κ3) is 5.68. The molecule has 1 atom stereocenters. The van der Waals surface area contributed by atoms with Crippen molar-refractivity contribution in [1.29, 1.82) is 0 Å². The van der Waals surface area contributed by atoms with Gasteiger partial charge in [-0.15, -0.1) is 11.8 Å². The van der Waals surface area contributed by atoms with Gasteiger partial charge in [0.1, 0.15) is 0 Å². The zero-order chi connectivity index (χ0) is 20.6. The number of hydrogen-bond donors (Lipinski definition) is 2. The highest BCUT2D eigenvalue weighted by molar-refractivity contribution is 8.00. The highest BCUT2D eigenvalue weighted by Gasteiger charge is 2.18. The van der Waals surface area contributed by atoms with E-state index in [1.54, 1.807) is 30.6 Å². The fraction of sp³-hybridized carbons (Fsp3) is 0.174. The number of amides is 2. The molecule has 148 valence electrons. The number of benzene rings is 2. The average Bonchev–Trinajstić information content (AvgIpc) is 2.73. The van der Waals surface area contributed by atoms with Crippen molar-refractivity contribution in [3.8, 4) is 0 Å². The Morgan fingerprint density at radius 3 is 2.45 bits per heavy atom. The Morgan fingerprint density at radius 2 is 1.72 bits per heavy atom. The zero-order valence-corrected chi connectivity index (χ0v) is 17.2. The normalized spacial score (nSPS) is 11.5. The molecule has 2 aromatic carbocycles. The maximum absolute atomic E-state index is 12.6. The van der Waals surface area contributed by atoms with Gasteiger partial charge in [0.2, 0.25) is 5.91 Å². The molecule has 1 heterocycles. The van der Waals surface area contributed by atoms with E-state index in [9.17, 15) is 9.59 Å². The van der Waals surface area contributed by atoms with Gasteiger partial charge in [0.05, 0.1) is 5.25 Å². The standard InChI is InChI=1S/C23H23N3O2S/c1-3-21(23(28)25-17-11-13-24-14-12-17)29-19-9-6-8-18(15-19)26-22(27)20-10-5-4-7-16(20)2/h4-15,21H,3H2,1-2H3,(H,26,27)(H,24,25,28). The lowest BCUT2D eigenvalue weighted by Crippen LogP contribution is -2.24. The molecule has 0 saturated heterocycles. The van der Waals surface area contributed by atoms with Crippen molar-refractivity contribution in [2.45, 2.75) is 30.4 Å². The van der Waals surface area contributed by atoms with Crippen LogP contribution >= 0.6 is 11.8 Å². The minimum absolute atomic E-state index is 0.0574. The van der Waals surface area contributed by atoms with Gasteiger partial charge in [-0.05, 0) is 55.3 Å². The van der Waals surface area contributed by atoms with Gasteiger partial charge in [-0.2, -0.15) is 0 Å². The fourth-order valence-electron chi connectivity index (χ4n) is 2.82. The second kappa shape index (κ2) is 9.89. The number of anilines is 2. The molecule has 0 aliphatic heterocycles. The van der Waals surface area contributed by atoms with E-state index in [4.69, 9.17) is 0 Å². The molecule has 1 unspecified atom stereocenters. The van der Waals surface area contributed by atoms with Crippen LogP contribution in [0.4, 0.5) is 11.4 Å². The molecule has 1 aromatic heterocycles. The lowest BCUT2D eigenvalue weighted by Gasteiger charge is -2.15. The van der Waals surface area contributed by atoms with Crippen molar-refractivity contribution < 1.29 is 9.59 Å². The molecule has 0 aliphatic rings. The summed E-state index contributed by atoms with van der Waals surface area (Å²) in [6, 6.07) is 18.6. The monoisotopic (exact) mass is 405 g/mol. The molecule has 3 aromatic rings. The van der Waals surface area contributed by atoms with E-state index >= 15 is 0 Å². The molecule has 5 nitrogen and oxygen atoms in total. The number of rotatable bonds is 7. The van der Waals surface area contributed by atoms with E-state index < -0.39 is 0 Å². The van der Waals surface area contributed by atoms with Crippen LogP contribution in [0.2, 0.25) is 0 Å². The summed E-state index contributed by atoms with van der Waals surface area (Å²) in [5.74, 6) is -0.203. The topological polar surface area (TPSA) is 71.1 Å². The van der Waals surface area contributed by atoms with Crippen LogP contribution in [0.5, 0.6) is 0 Å². The van der Waals surface area contributed by atoms with Gasteiger partial charge in [0, 0.05) is 34.2 Å². The highest BCUT2D eigenvalue weighted by Crippen LogP contribution is 2.28. The second-order valence-electron chi connectivity index (χ2n) is 6.54. The maximum Gasteiger partial charge on any atom is 0.255 e. The number of pyridine rings is 1.